The number of benzene rings is 1. The molecule has 1 atom stereocenters. The molecule has 1 N–H and O–H groups in total. The third-order valence-corrected chi connectivity index (χ3v) is 6.28. The minimum absolute atomic E-state index is 0.0470. The van der Waals surface area contributed by atoms with Crippen LogP contribution in [0.1, 0.15) is 37.6 Å². The van der Waals surface area contributed by atoms with E-state index in [1.165, 1.54) is 22.5 Å². The SMILES string of the molecule is CCC(C)CN(CC)S(=O)(=O)c1ccc(C(=O)O)cc1Br. The van der Waals surface area contributed by atoms with Gasteiger partial charge in [0.2, 0.25) is 10.0 Å². The Balaban J connectivity index is 3.20. The summed E-state index contributed by atoms with van der Waals surface area (Å²) in [7, 11) is -3.64. The van der Waals surface area contributed by atoms with Gasteiger partial charge in [0.15, 0.2) is 0 Å². The number of hydrogen-bond acceptors (Lipinski definition) is 3. The van der Waals surface area contributed by atoms with Crippen molar-refractivity contribution in [2.24, 2.45) is 5.92 Å². The third kappa shape index (κ3) is 4.28. The second kappa shape index (κ2) is 7.38. The summed E-state index contributed by atoms with van der Waals surface area (Å²) in [6.07, 6.45) is 0.894. The molecule has 21 heavy (non-hydrogen) atoms. The fourth-order valence-corrected chi connectivity index (χ4v) is 4.46. The maximum atomic E-state index is 12.7. The number of hydrogen-bond donors (Lipinski definition) is 1. The van der Waals surface area contributed by atoms with Gasteiger partial charge in [0.25, 0.3) is 0 Å². The van der Waals surface area contributed by atoms with E-state index >= 15 is 0 Å². The molecule has 1 aromatic rings. The first-order valence-electron chi connectivity index (χ1n) is 6.77. The van der Waals surface area contributed by atoms with Gasteiger partial charge in [0, 0.05) is 17.6 Å². The van der Waals surface area contributed by atoms with Gasteiger partial charge in [-0.15, -0.1) is 0 Å². The normalized spacial score (nSPS) is 13.4. The first-order chi connectivity index (χ1) is 9.73. The summed E-state index contributed by atoms with van der Waals surface area (Å²) < 4.78 is 27.0. The van der Waals surface area contributed by atoms with E-state index in [9.17, 15) is 13.2 Å². The highest BCUT2D eigenvalue weighted by Gasteiger charge is 2.26. The van der Waals surface area contributed by atoms with Gasteiger partial charge in [-0.05, 0) is 40.0 Å². The standard InChI is InChI=1S/C14H20BrNO4S/c1-4-10(3)9-16(5-2)21(19,20)13-7-6-11(14(17)18)8-12(13)15/h6-8,10H,4-5,9H2,1-3H3,(H,17,18). The van der Waals surface area contributed by atoms with Crippen LogP contribution < -0.4 is 0 Å². The lowest BCUT2D eigenvalue weighted by Gasteiger charge is -2.24. The van der Waals surface area contributed by atoms with Crippen LogP contribution in [-0.2, 0) is 10.0 Å². The predicted octanol–water partition coefficient (Wildman–Crippen LogP) is 3.20. The Morgan fingerprint density at radius 1 is 1.38 bits per heavy atom. The van der Waals surface area contributed by atoms with Gasteiger partial charge in [-0.3, -0.25) is 0 Å². The highest BCUT2D eigenvalue weighted by atomic mass is 79.9. The molecule has 0 aliphatic rings. The van der Waals surface area contributed by atoms with Crippen LogP contribution in [0.2, 0.25) is 0 Å². The van der Waals surface area contributed by atoms with Crippen LogP contribution in [0.3, 0.4) is 0 Å². The van der Waals surface area contributed by atoms with E-state index in [-0.39, 0.29) is 20.8 Å². The second-order valence-corrected chi connectivity index (χ2v) is 7.68. The minimum Gasteiger partial charge on any atom is -0.478 e. The Labute approximate surface area is 134 Å². The third-order valence-electron chi connectivity index (χ3n) is 3.36. The summed E-state index contributed by atoms with van der Waals surface area (Å²) in [4.78, 5) is 11.0. The number of rotatable bonds is 7. The zero-order valence-corrected chi connectivity index (χ0v) is 14.7. The molecule has 1 rings (SSSR count). The minimum atomic E-state index is -3.64. The van der Waals surface area contributed by atoms with Gasteiger partial charge in [0.1, 0.15) is 0 Å². The molecule has 0 amide bonds. The molecule has 5 nitrogen and oxygen atoms in total. The van der Waals surface area contributed by atoms with Crippen molar-refractivity contribution in [2.75, 3.05) is 13.1 Å². The van der Waals surface area contributed by atoms with Gasteiger partial charge in [0.05, 0.1) is 10.5 Å². The average Bonchev–Trinajstić information content (AvgIpc) is 2.43. The number of aromatic carboxylic acids is 1. The molecule has 0 aliphatic heterocycles. The van der Waals surface area contributed by atoms with Crippen molar-refractivity contribution < 1.29 is 18.3 Å². The molecule has 0 saturated carbocycles. The van der Waals surface area contributed by atoms with Gasteiger partial charge >= 0.3 is 5.97 Å². The van der Waals surface area contributed by atoms with Gasteiger partial charge < -0.3 is 5.11 Å². The molecule has 1 unspecified atom stereocenters. The van der Waals surface area contributed by atoms with E-state index in [4.69, 9.17) is 5.11 Å². The Hall–Kier alpha value is -0.920. The Kier molecular flexibility index (Phi) is 6.37. The molecule has 0 heterocycles. The maximum Gasteiger partial charge on any atom is 0.335 e. The molecule has 7 heteroatoms. The van der Waals surface area contributed by atoms with Gasteiger partial charge in [-0.2, -0.15) is 4.31 Å². The van der Waals surface area contributed by atoms with Gasteiger partial charge in [-0.25, -0.2) is 13.2 Å². The maximum absolute atomic E-state index is 12.7. The summed E-state index contributed by atoms with van der Waals surface area (Å²) in [5, 5.41) is 8.93. The van der Waals surface area contributed by atoms with E-state index < -0.39 is 16.0 Å². The van der Waals surface area contributed by atoms with Crippen molar-refractivity contribution in [3.8, 4) is 0 Å². The number of halogens is 1. The number of nitrogens with zero attached hydrogens (tertiary/aromatic N) is 1. The zero-order valence-electron chi connectivity index (χ0n) is 12.3. The smallest absolute Gasteiger partial charge is 0.335 e. The first kappa shape index (κ1) is 18.1. The van der Waals surface area contributed by atoms with Crippen LogP contribution in [0.4, 0.5) is 0 Å². The van der Waals surface area contributed by atoms with Crippen molar-refractivity contribution in [1.82, 2.24) is 4.31 Å². The van der Waals surface area contributed by atoms with Crippen molar-refractivity contribution in [3.63, 3.8) is 0 Å². The van der Waals surface area contributed by atoms with E-state index in [1.54, 1.807) is 6.92 Å². The lowest BCUT2D eigenvalue weighted by Crippen LogP contribution is -2.34. The van der Waals surface area contributed by atoms with Gasteiger partial charge in [-0.1, -0.05) is 27.2 Å². The van der Waals surface area contributed by atoms with Crippen LogP contribution in [0, 0.1) is 5.92 Å². The fraction of sp³-hybridized carbons (Fsp3) is 0.500. The monoisotopic (exact) mass is 377 g/mol. The summed E-state index contributed by atoms with van der Waals surface area (Å²) >= 11 is 3.16. The summed E-state index contributed by atoms with van der Waals surface area (Å²) in [6, 6.07) is 3.95. The van der Waals surface area contributed by atoms with E-state index in [0.717, 1.165) is 6.42 Å². The van der Waals surface area contributed by atoms with E-state index in [0.29, 0.717) is 13.1 Å². The first-order valence-corrected chi connectivity index (χ1v) is 9.00. The second-order valence-electron chi connectivity index (χ2n) is 4.92. The molecule has 1 aromatic carbocycles. The summed E-state index contributed by atoms with van der Waals surface area (Å²) in [5.41, 5.74) is 0.0470. The van der Waals surface area contributed by atoms with E-state index in [2.05, 4.69) is 15.9 Å². The quantitative estimate of drug-likeness (QED) is 0.791. The highest BCUT2D eigenvalue weighted by Crippen LogP contribution is 2.27. The Morgan fingerprint density at radius 3 is 2.43 bits per heavy atom. The highest BCUT2D eigenvalue weighted by molar-refractivity contribution is 9.10. The summed E-state index contributed by atoms with van der Waals surface area (Å²) in [5.74, 6) is -0.830. The lowest BCUT2D eigenvalue weighted by atomic mass is 10.1. The van der Waals surface area contributed by atoms with E-state index in [1.807, 2.05) is 13.8 Å². The molecule has 0 bridgehead atoms. The molecule has 0 saturated heterocycles. The molecule has 0 aromatic heterocycles. The molecular weight excluding hydrogens is 358 g/mol. The van der Waals surface area contributed by atoms with Crippen molar-refractivity contribution in [2.45, 2.75) is 32.1 Å². The van der Waals surface area contributed by atoms with Crippen LogP contribution >= 0.6 is 15.9 Å². The topological polar surface area (TPSA) is 74.7 Å². The molecule has 0 fully saturated rings. The Bertz CT molecular complexity index is 615. The molecule has 0 radical (unpaired) electrons. The number of sulfonamides is 1. The molecule has 0 aliphatic carbocycles. The van der Waals surface area contributed by atoms with Crippen LogP contribution in [-0.4, -0.2) is 36.9 Å². The number of carboxylic acids is 1. The molecule has 0 spiro atoms. The Morgan fingerprint density at radius 2 is 2.00 bits per heavy atom. The van der Waals surface area contributed by atoms with Crippen molar-refractivity contribution in [1.29, 1.82) is 0 Å². The number of carbonyl (C=O) groups is 1. The van der Waals surface area contributed by atoms with Crippen LogP contribution in [0.15, 0.2) is 27.6 Å². The zero-order chi connectivity index (χ0) is 16.2. The largest absolute Gasteiger partial charge is 0.478 e. The molecular formula is C14H20BrNO4S. The lowest BCUT2D eigenvalue weighted by molar-refractivity contribution is 0.0696. The average molecular weight is 378 g/mol. The molecule has 118 valence electrons. The van der Waals surface area contributed by atoms with Crippen LogP contribution in [0.5, 0.6) is 0 Å². The van der Waals surface area contributed by atoms with Crippen LogP contribution in [0.25, 0.3) is 0 Å². The van der Waals surface area contributed by atoms with Crippen molar-refractivity contribution in [3.05, 3.63) is 28.2 Å². The van der Waals surface area contributed by atoms with Crippen molar-refractivity contribution >= 4 is 31.9 Å². The fourth-order valence-electron chi connectivity index (χ4n) is 1.86. The summed E-state index contributed by atoms with van der Waals surface area (Å²) in [6.45, 7) is 6.63. The predicted molar refractivity (Wildman–Crippen MR) is 85.0 cm³/mol. The number of carboxylic acid groups (broad SMARTS) is 1.